The number of carbonyl (C=O) groups is 4. The number of nitrogens with zero attached hydrogens (tertiary/aromatic N) is 3. The molecule has 4 aliphatic rings. The molecule has 1 saturated heterocycles. The Labute approximate surface area is 448 Å². The molecule has 3 aromatic carbocycles. The Morgan fingerprint density at radius 1 is 0.623 bits per heavy atom. The van der Waals surface area contributed by atoms with Crippen LogP contribution in [0, 0.1) is 11.8 Å². The van der Waals surface area contributed by atoms with Gasteiger partial charge in [-0.15, -0.1) is 5.06 Å². The van der Waals surface area contributed by atoms with Gasteiger partial charge in [-0.25, -0.2) is 4.79 Å². The van der Waals surface area contributed by atoms with Crippen molar-refractivity contribution in [2.24, 2.45) is 16.9 Å². The first-order chi connectivity index (χ1) is 37.7. The maximum absolute atomic E-state index is 14.7. The smallest absolute Gasteiger partial charge is 0.333 e. The van der Waals surface area contributed by atoms with E-state index < -0.39 is 29.6 Å². The van der Waals surface area contributed by atoms with Gasteiger partial charge in [0.1, 0.15) is 5.75 Å². The van der Waals surface area contributed by atoms with E-state index in [-0.39, 0.29) is 51.0 Å². The molecule has 0 aromatic heterocycles. The molecule has 3 heterocycles. The Balaban J connectivity index is 0.728. The molecular weight excluding hydrogens is 1010 g/mol. The van der Waals surface area contributed by atoms with E-state index >= 15 is 0 Å². The lowest BCUT2D eigenvalue weighted by Gasteiger charge is -2.38. The Bertz CT molecular complexity index is 2360. The molecule has 77 heavy (non-hydrogen) atoms. The van der Waals surface area contributed by atoms with Crippen LogP contribution in [0.15, 0.2) is 53.6 Å². The molecule has 3 atom stereocenters. The maximum atomic E-state index is 14.7. The van der Waals surface area contributed by atoms with Crippen molar-refractivity contribution in [3.05, 3.63) is 65.2 Å². The second kappa shape index (κ2) is 31.2. The van der Waals surface area contributed by atoms with E-state index in [1.807, 2.05) is 53.5 Å². The summed E-state index contributed by atoms with van der Waals surface area (Å²) in [6.45, 7) is 7.28. The van der Waals surface area contributed by atoms with Gasteiger partial charge in [-0.05, 0) is 72.5 Å². The zero-order valence-corrected chi connectivity index (χ0v) is 44.4. The number of fused-ring (bicyclic) bond motifs is 4. The van der Waals surface area contributed by atoms with Gasteiger partial charge in [0.15, 0.2) is 23.0 Å². The van der Waals surface area contributed by atoms with E-state index in [9.17, 15) is 19.2 Å². The zero-order chi connectivity index (χ0) is 54.2. The van der Waals surface area contributed by atoms with Crippen molar-refractivity contribution in [3.63, 3.8) is 0 Å². The van der Waals surface area contributed by atoms with Crippen LogP contribution >= 0.6 is 0 Å². The summed E-state index contributed by atoms with van der Waals surface area (Å²) in [6, 6.07) is 15.4. The number of hydrazone groups is 1. The molecule has 0 spiro atoms. The third kappa shape index (κ3) is 16.6. The Kier molecular flexibility index (Phi) is 23.6. The molecule has 0 bridgehead atoms. The minimum atomic E-state index is -0.622. The van der Waals surface area contributed by atoms with Gasteiger partial charge in [-0.1, -0.05) is 0 Å². The molecule has 1 fully saturated rings. The van der Waals surface area contributed by atoms with Crippen molar-refractivity contribution < 1.29 is 90.3 Å². The van der Waals surface area contributed by atoms with Crippen LogP contribution in [0.4, 0.5) is 5.69 Å². The lowest BCUT2D eigenvalue weighted by atomic mass is 9.65. The quantitative estimate of drug-likeness (QED) is 0.0632. The first-order valence-electron chi connectivity index (χ1n) is 25.9. The molecule has 0 saturated carbocycles. The van der Waals surface area contributed by atoms with Gasteiger partial charge in [0, 0.05) is 49.8 Å². The molecule has 0 unspecified atom stereocenters. The summed E-state index contributed by atoms with van der Waals surface area (Å²) in [5, 5.41) is 10.8. The number of imide groups is 1. The number of hydroxylamine groups is 2. The van der Waals surface area contributed by atoms with Gasteiger partial charge in [-0.3, -0.25) is 19.4 Å². The van der Waals surface area contributed by atoms with Gasteiger partial charge < -0.3 is 76.5 Å². The average Bonchev–Trinajstić information content (AvgIpc) is 4.34. The zero-order valence-electron chi connectivity index (χ0n) is 44.4. The highest BCUT2D eigenvalue weighted by atomic mass is 16.7. The van der Waals surface area contributed by atoms with Crippen LogP contribution in [0.25, 0.3) is 0 Å². The molecule has 23 heteroatoms. The number of unbranched alkanes of at least 4 members (excludes halogenated alkanes) is 1. The fourth-order valence-electron chi connectivity index (χ4n) is 9.12. The number of methoxy groups -OCH3 is 4. The number of nitrogens with one attached hydrogen (secondary N) is 1. The van der Waals surface area contributed by atoms with Gasteiger partial charge in [0.2, 0.25) is 18.4 Å². The molecule has 422 valence electrons. The van der Waals surface area contributed by atoms with E-state index in [1.165, 1.54) is 0 Å². The fraction of sp³-hybridized carbons (Fsp3) is 0.574. The predicted molar refractivity (Wildman–Crippen MR) is 275 cm³/mol. The summed E-state index contributed by atoms with van der Waals surface area (Å²) < 4.78 is 79.2. The number of amides is 3. The minimum absolute atomic E-state index is 0.0700. The largest absolute Gasteiger partial charge is 0.497 e. The first-order valence-corrected chi connectivity index (χ1v) is 25.9. The maximum Gasteiger partial charge on any atom is 0.333 e. The Morgan fingerprint density at radius 2 is 1.14 bits per heavy atom. The van der Waals surface area contributed by atoms with Crippen molar-refractivity contribution in [1.82, 2.24) is 10.4 Å². The average molecular weight is 1080 g/mol. The summed E-state index contributed by atoms with van der Waals surface area (Å²) in [5.74, 6) is 0.131. The number of hydrogen-bond acceptors (Lipinski definition) is 21. The Morgan fingerprint density at radius 3 is 1.66 bits per heavy atom. The lowest BCUT2D eigenvalue weighted by Crippen LogP contribution is -2.46. The second-order valence-electron chi connectivity index (χ2n) is 17.8. The number of carbonyl (C=O) groups excluding carboxylic acids is 4. The van der Waals surface area contributed by atoms with Crippen molar-refractivity contribution in [2.75, 3.05) is 159 Å². The third-order valence-corrected chi connectivity index (χ3v) is 12.9. The summed E-state index contributed by atoms with van der Waals surface area (Å²) in [6.07, 6.45) is 1.38. The number of hydrogen-bond donors (Lipinski definition) is 1. The normalized spacial score (nSPS) is 17.3. The molecular formula is C54H72N4O19. The number of anilines is 1. The predicted octanol–water partition coefficient (Wildman–Crippen LogP) is 4.08. The van der Waals surface area contributed by atoms with E-state index in [0.717, 1.165) is 33.8 Å². The van der Waals surface area contributed by atoms with E-state index in [0.29, 0.717) is 152 Å². The van der Waals surface area contributed by atoms with E-state index in [4.69, 9.17) is 76.3 Å². The van der Waals surface area contributed by atoms with Crippen LogP contribution in [-0.4, -0.2) is 188 Å². The molecule has 3 aliphatic heterocycles. The summed E-state index contributed by atoms with van der Waals surface area (Å²) in [4.78, 5) is 54.4. The topological polar surface area (TPSA) is 238 Å². The van der Waals surface area contributed by atoms with Gasteiger partial charge in [-0.2, -0.15) is 5.10 Å². The molecule has 3 aromatic rings. The monoisotopic (exact) mass is 1080 g/mol. The fourth-order valence-corrected chi connectivity index (χ4v) is 9.12. The SMILES string of the molecule is COc1ccc(N2C[C@@H]3C(=N2)c2cc4c(cc2[C@@H](c2cc(OC)c(OC)c(OC)c2)[C@H]3C(=O)NCCOCCOCCOCCOCCOCCOCCOCCOCCCCC(=O)ON2C(=O)CCC2=O)OCO4)cc1. The molecule has 7 rings (SSSR count). The molecule has 0 radical (unpaired) electrons. The summed E-state index contributed by atoms with van der Waals surface area (Å²) in [5.41, 5.74) is 4.16. The van der Waals surface area contributed by atoms with Gasteiger partial charge in [0.05, 0.1) is 151 Å². The minimum Gasteiger partial charge on any atom is -0.497 e. The van der Waals surface area contributed by atoms with Crippen LogP contribution in [0.1, 0.15) is 54.7 Å². The summed E-state index contributed by atoms with van der Waals surface area (Å²) >= 11 is 0. The van der Waals surface area contributed by atoms with E-state index in [1.54, 1.807) is 28.4 Å². The van der Waals surface area contributed by atoms with Gasteiger partial charge >= 0.3 is 5.97 Å². The van der Waals surface area contributed by atoms with E-state index in [2.05, 4.69) is 5.32 Å². The van der Waals surface area contributed by atoms with Crippen molar-refractivity contribution in [3.8, 4) is 34.5 Å². The first kappa shape index (κ1) is 58.4. The highest BCUT2D eigenvalue weighted by molar-refractivity contribution is 6.10. The third-order valence-electron chi connectivity index (χ3n) is 12.9. The van der Waals surface area contributed by atoms with Crippen LogP contribution in [0.2, 0.25) is 0 Å². The van der Waals surface area contributed by atoms with Crippen LogP contribution in [0.5, 0.6) is 34.5 Å². The van der Waals surface area contributed by atoms with Crippen molar-refractivity contribution in [1.29, 1.82) is 0 Å². The van der Waals surface area contributed by atoms with Crippen LogP contribution in [-0.2, 0) is 61.9 Å². The molecule has 1 N–H and O–H groups in total. The Hall–Kier alpha value is -6.31. The second-order valence-corrected chi connectivity index (χ2v) is 17.8. The highest BCUT2D eigenvalue weighted by Crippen LogP contribution is 2.52. The van der Waals surface area contributed by atoms with Crippen molar-refractivity contribution in [2.45, 2.75) is 38.0 Å². The molecule has 23 nitrogen and oxygen atoms in total. The van der Waals surface area contributed by atoms with Crippen LogP contribution < -0.4 is 38.7 Å². The number of benzene rings is 3. The van der Waals surface area contributed by atoms with Crippen LogP contribution in [0.3, 0.4) is 0 Å². The van der Waals surface area contributed by atoms with Gasteiger partial charge in [0.25, 0.3) is 11.8 Å². The molecule has 1 aliphatic carbocycles. The standard InChI is InChI=1S/C54H72N4O19/c1-63-39-10-8-38(9-11-39)57-35-42-51(50(37-31-45(64-2)53(66-4)46(32-37)65-3)40-33-43-44(76-36-75-43)34-41(40)52(42)56-57)54(62)55-14-16-68-18-20-70-22-24-72-26-28-74-30-29-73-27-25-71-23-21-69-19-17-67-15-6-5-7-49(61)77-58-47(59)12-13-48(58)60/h8-11,31-34,42,50-51H,5-7,12-30,35-36H2,1-4H3,(H,55,62)/t42-,50+,51-/m0/s1. The number of ether oxygens (including phenoxy) is 14. The van der Waals surface area contributed by atoms with Crippen molar-refractivity contribution >= 4 is 35.1 Å². The molecule has 3 amide bonds. The summed E-state index contributed by atoms with van der Waals surface area (Å²) in [7, 11) is 6.32. The number of rotatable bonds is 37. The lowest BCUT2D eigenvalue weighted by molar-refractivity contribution is -0.197. The highest BCUT2D eigenvalue weighted by Gasteiger charge is 2.50.